The van der Waals surface area contributed by atoms with Gasteiger partial charge in [-0.3, -0.25) is 4.79 Å². The average molecular weight is 274 g/mol. The fourth-order valence-corrected chi connectivity index (χ4v) is 2.52. The molecule has 0 aliphatic rings. The minimum atomic E-state index is 0.196. The molecule has 0 aliphatic heterocycles. The molecule has 18 heavy (non-hydrogen) atoms. The summed E-state index contributed by atoms with van der Waals surface area (Å²) < 4.78 is 0. The van der Waals surface area contributed by atoms with Crippen LogP contribution in [-0.4, -0.2) is 31.0 Å². The van der Waals surface area contributed by atoms with Crippen molar-refractivity contribution in [2.75, 3.05) is 25.1 Å². The van der Waals surface area contributed by atoms with Crippen LogP contribution in [0.2, 0.25) is 0 Å². The Morgan fingerprint density at radius 3 is 2.56 bits per heavy atom. The van der Waals surface area contributed by atoms with E-state index in [-0.39, 0.29) is 5.91 Å². The molecule has 0 bridgehead atoms. The molecular weight excluding hydrogens is 244 g/mol. The smallest absolute Gasteiger partial charge is 0.220 e. The fourth-order valence-electron chi connectivity index (χ4n) is 2.03. The number of rotatable bonds is 11. The van der Waals surface area contributed by atoms with Crippen molar-refractivity contribution in [1.29, 1.82) is 0 Å². The monoisotopic (exact) mass is 274 g/mol. The highest BCUT2D eigenvalue weighted by Gasteiger charge is 2.14. The molecule has 1 unspecified atom stereocenters. The maximum absolute atomic E-state index is 11.7. The molecular formula is C14H30N2OS. The van der Waals surface area contributed by atoms with Gasteiger partial charge in [0.2, 0.25) is 5.91 Å². The van der Waals surface area contributed by atoms with E-state index in [1.807, 2.05) is 11.8 Å². The van der Waals surface area contributed by atoms with Crippen molar-refractivity contribution in [1.82, 2.24) is 5.32 Å². The zero-order chi connectivity index (χ0) is 13.8. The number of thioether (sulfide) groups is 1. The second-order valence-electron chi connectivity index (χ2n) is 5.17. The first kappa shape index (κ1) is 17.8. The predicted octanol–water partition coefficient (Wildman–Crippen LogP) is 2.65. The third-order valence-corrected chi connectivity index (χ3v) is 4.02. The Kier molecular flexibility index (Phi) is 11.7. The molecule has 3 N–H and O–H groups in total. The number of amides is 1. The van der Waals surface area contributed by atoms with Crippen molar-refractivity contribution in [2.45, 2.75) is 46.0 Å². The standard InChI is InChI=1S/C14H30N2OS/c1-12(2)13(8-9-15)6-7-14(17)16-10-4-5-11-18-3/h12-13H,4-11,15H2,1-3H3,(H,16,17). The summed E-state index contributed by atoms with van der Waals surface area (Å²) in [6.45, 7) is 5.96. The molecule has 0 spiro atoms. The van der Waals surface area contributed by atoms with Crippen molar-refractivity contribution in [3.63, 3.8) is 0 Å². The molecule has 0 aromatic carbocycles. The predicted molar refractivity (Wildman–Crippen MR) is 81.9 cm³/mol. The van der Waals surface area contributed by atoms with E-state index in [1.54, 1.807) is 0 Å². The molecule has 0 saturated heterocycles. The van der Waals surface area contributed by atoms with Gasteiger partial charge in [0, 0.05) is 13.0 Å². The van der Waals surface area contributed by atoms with Crippen molar-refractivity contribution < 1.29 is 4.79 Å². The van der Waals surface area contributed by atoms with Crippen LogP contribution in [0.3, 0.4) is 0 Å². The van der Waals surface area contributed by atoms with E-state index in [0.717, 1.165) is 32.4 Å². The molecule has 3 nitrogen and oxygen atoms in total. The van der Waals surface area contributed by atoms with E-state index < -0.39 is 0 Å². The van der Waals surface area contributed by atoms with Gasteiger partial charge in [-0.15, -0.1) is 0 Å². The lowest BCUT2D eigenvalue weighted by molar-refractivity contribution is -0.121. The second-order valence-corrected chi connectivity index (χ2v) is 6.16. The molecule has 1 atom stereocenters. The van der Waals surface area contributed by atoms with Gasteiger partial charge in [0.05, 0.1) is 0 Å². The lowest BCUT2D eigenvalue weighted by Gasteiger charge is -2.19. The molecule has 1 amide bonds. The van der Waals surface area contributed by atoms with Gasteiger partial charge in [0.1, 0.15) is 0 Å². The minimum absolute atomic E-state index is 0.196. The number of hydrogen-bond acceptors (Lipinski definition) is 3. The molecule has 0 saturated carbocycles. The van der Waals surface area contributed by atoms with Gasteiger partial charge in [0.25, 0.3) is 0 Å². The summed E-state index contributed by atoms with van der Waals surface area (Å²) in [4.78, 5) is 11.7. The summed E-state index contributed by atoms with van der Waals surface area (Å²) in [7, 11) is 0. The highest BCUT2D eigenvalue weighted by Crippen LogP contribution is 2.20. The van der Waals surface area contributed by atoms with E-state index in [0.29, 0.717) is 18.3 Å². The fraction of sp³-hybridized carbons (Fsp3) is 0.929. The summed E-state index contributed by atoms with van der Waals surface area (Å²) in [5.41, 5.74) is 5.60. The van der Waals surface area contributed by atoms with Crippen LogP contribution >= 0.6 is 11.8 Å². The van der Waals surface area contributed by atoms with Crippen LogP contribution in [0.25, 0.3) is 0 Å². The highest BCUT2D eigenvalue weighted by atomic mass is 32.2. The van der Waals surface area contributed by atoms with E-state index >= 15 is 0 Å². The number of carbonyl (C=O) groups excluding carboxylic acids is 1. The lowest BCUT2D eigenvalue weighted by Crippen LogP contribution is -2.25. The van der Waals surface area contributed by atoms with Crippen molar-refractivity contribution in [3.8, 4) is 0 Å². The zero-order valence-corrected chi connectivity index (χ0v) is 13.0. The van der Waals surface area contributed by atoms with Crippen LogP contribution < -0.4 is 11.1 Å². The summed E-state index contributed by atoms with van der Waals surface area (Å²) in [6, 6.07) is 0. The molecule has 0 radical (unpaired) electrons. The Labute approximate surface area is 117 Å². The van der Waals surface area contributed by atoms with Gasteiger partial charge in [-0.1, -0.05) is 13.8 Å². The van der Waals surface area contributed by atoms with Crippen LogP contribution in [0, 0.1) is 11.8 Å². The SMILES string of the molecule is CSCCCCNC(=O)CCC(CCN)C(C)C. The van der Waals surface area contributed by atoms with Gasteiger partial charge in [-0.05, 0) is 56.1 Å². The van der Waals surface area contributed by atoms with Crippen molar-refractivity contribution in [2.24, 2.45) is 17.6 Å². The highest BCUT2D eigenvalue weighted by molar-refractivity contribution is 7.98. The normalized spacial score (nSPS) is 12.7. The third-order valence-electron chi connectivity index (χ3n) is 3.32. The molecule has 108 valence electrons. The Morgan fingerprint density at radius 1 is 1.28 bits per heavy atom. The Bertz CT molecular complexity index is 210. The van der Waals surface area contributed by atoms with E-state index in [4.69, 9.17) is 5.73 Å². The summed E-state index contributed by atoms with van der Waals surface area (Å²) in [5, 5.41) is 3.00. The molecule has 0 heterocycles. The van der Waals surface area contributed by atoms with Crippen LogP contribution in [-0.2, 0) is 4.79 Å². The van der Waals surface area contributed by atoms with Gasteiger partial charge in [-0.25, -0.2) is 0 Å². The summed E-state index contributed by atoms with van der Waals surface area (Å²) in [6.07, 6.45) is 7.02. The second kappa shape index (κ2) is 11.8. The molecule has 0 aromatic rings. The largest absolute Gasteiger partial charge is 0.356 e. The number of unbranched alkanes of at least 4 members (excludes halogenated alkanes) is 1. The number of nitrogens with two attached hydrogens (primary N) is 1. The first-order chi connectivity index (χ1) is 8.61. The molecule has 0 fully saturated rings. The summed E-state index contributed by atoms with van der Waals surface area (Å²) >= 11 is 1.86. The number of hydrogen-bond donors (Lipinski definition) is 2. The van der Waals surface area contributed by atoms with Crippen LogP contribution in [0.15, 0.2) is 0 Å². The van der Waals surface area contributed by atoms with Gasteiger partial charge in [0.15, 0.2) is 0 Å². The number of nitrogens with one attached hydrogen (secondary N) is 1. The lowest BCUT2D eigenvalue weighted by atomic mass is 9.88. The Morgan fingerprint density at radius 2 is 2.00 bits per heavy atom. The first-order valence-electron chi connectivity index (χ1n) is 7.07. The van der Waals surface area contributed by atoms with Crippen LogP contribution in [0.1, 0.15) is 46.0 Å². The maximum atomic E-state index is 11.7. The molecule has 4 heteroatoms. The van der Waals surface area contributed by atoms with Gasteiger partial charge in [-0.2, -0.15) is 11.8 Å². The van der Waals surface area contributed by atoms with Crippen molar-refractivity contribution in [3.05, 3.63) is 0 Å². The molecule has 0 aliphatic carbocycles. The first-order valence-corrected chi connectivity index (χ1v) is 8.46. The average Bonchev–Trinajstić information content (AvgIpc) is 2.33. The zero-order valence-electron chi connectivity index (χ0n) is 12.2. The topological polar surface area (TPSA) is 55.1 Å². The van der Waals surface area contributed by atoms with Gasteiger partial charge >= 0.3 is 0 Å². The Balaban J connectivity index is 3.61. The van der Waals surface area contributed by atoms with E-state index in [9.17, 15) is 4.79 Å². The van der Waals surface area contributed by atoms with Gasteiger partial charge < -0.3 is 11.1 Å². The third kappa shape index (κ3) is 9.77. The quantitative estimate of drug-likeness (QED) is 0.570. The molecule has 0 rings (SSSR count). The Hall–Kier alpha value is -0.220. The van der Waals surface area contributed by atoms with E-state index in [2.05, 4.69) is 25.4 Å². The van der Waals surface area contributed by atoms with Crippen LogP contribution in [0.5, 0.6) is 0 Å². The molecule has 0 aromatic heterocycles. The van der Waals surface area contributed by atoms with Crippen molar-refractivity contribution >= 4 is 17.7 Å². The van der Waals surface area contributed by atoms with E-state index in [1.165, 1.54) is 12.2 Å². The van der Waals surface area contributed by atoms with Crippen LogP contribution in [0.4, 0.5) is 0 Å². The minimum Gasteiger partial charge on any atom is -0.356 e. The summed E-state index contributed by atoms with van der Waals surface area (Å²) in [5.74, 6) is 2.57. The maximum Gasteiger partial charge on any atom is 0.220 e. The number of carbonyl (C=O) groups is 1.